The van der Waals surface area contributed by atoms with Gasteiger partial charge < -0.3 is 14.2 Å². The van der Waals surface area contributed by atoms with E-state index in [1.165, 1.54) is 19.8 Å². The van der Waals surface area contributed by atoms with Crippen LogP contribution >= 0.6 is 0 Å². The summed E-state index contributed by atoms with van der Waals surface area (Å²) in [5.41, 5.74) is 2.38. The summed E-state index contributed by atoms with van der Waals surface area (Å²) in [4.78, 5) is 24.3. The Balaban J connectivity index is 2.31. The summed E-state index contributed by atoms with van der Waals surface area (Å²) >= 11 is 0. The second-order valence-corrected chi connectivity index (χ2v) is 7.80. The molecule has 0 bridgehead atoms. The van der Waals surface area contributed by atoms with Crippen molar-refractivity contribution in [2.75, 3.05) is 14.2 Å². The summed E-state index contributed by atoms with van der Waals surface area (Å²) in [7, 11) is 2.83. The van der Waals surface area contributed by atoms with Gasteiger partial charge in [0.2, 0.25) is 0 Å². The van der Waals surface area contributed by atoms with Crippen LogP contribution in [0.1, 0.15) is 59.3 Å². The zero-order chi connectivity index (χ0) is 20.0. The molecule has 5 nitrogen and oxygen atoms in total. The Bertz CT molecular complexity index is 656. The SMILES string of the molecule is COC(=O)/C1=C\CC[C@]2(C)O[C@@H]2CC/C(C(=O)OC)=C\C=C(/C(C)C)CC1. The van der Waals surface area contributed by atoms with Crippen LogP contribution < -0.4 is 0 Å². The van der Waals surface area contributed by atoms with Crippen LogP contribution in [0, 0.1) is 5.92 Å². The Morgan fingerprint density at radius 1 is 1.07 bits per heavy atom. The van der Waals surface area contributed by atoms with Crippen molar-refractivity contribution < 1.29 is 23.8 Å². The summed E-state index contributed by atoms with van der Waals surface area (Å²) in [6.45, 7) is 6.32. The quantitative estimate of drug-likeness (QED) is 0.543. The molecule has 1 aliphatic carbocycles. The highest BCUT2D eigenvalue weighted by Crippen LogP contribution is 2.43. The van der Waals surface area contributed by atoms with Gasteiger partial charge in [0.05, 0.1) is 25.9 Å². The van der Waals surface area contributed by atoms with Gasteiger partial charge in [-0.25, -0.2) is 9.59 Å². The van der Waals surface area contributed by atoms with Crippen LogP contribution in [-0.2, 0) is 23.8 Å². The molecule has 1 saturated heterocycles. The number of ether oxygens (including phenoxy) is 3. The zero-order valence-corrected chi connectivity index (χ0v) is 17.2. The number of methoxy groups -OCH3 is 2. The van der Waals surface area contributed by atoms with Crippen molar-refractivity contribution in [3.05, 3.63) is 34.9 Å². The molecule has 2 atom stereocenters. The number of hydrogen-bond acceptors (Lipinski definition) is 5. The molecule has 1 heterocycles. The first-order chi connectivity index (χ1) is 12.8. The third kappa shape index (κ3) is 5.80. The molecule has 150 valence electrons. The number of carbonyl (C=O) groups excluding carboxylic acids is 2. The Hall–Kier alpha value is -1.88. The highest BCUT2D eigenvalue weighted by molar-refractivity contribution is 5.89. The van der Waals surface area contributed by atoms with Crippen LogP contribution in [0.3, 0.4) is 0 Å². The summed E-state index contributed by atoms with van der Waals surface area (Å²) < 4.78 is 15.8. The molecule has 5 heteroatoms. The maximum absolute atomic E-state index is 12.1. The van der Waals surface area contributed by atoms with Crippen molar-refractivity contribution in [1.29, 1.82) is 0 Å². The Kier molecular flexibility index (Phi) is 7.42. The first-order valence-corrected chi connectivity index (χ1v) is 9.73. The first kappa shape index (κ1) is 21.4. The van der Waals surface area contributed by atoms with E-state index < -0.39 is 0 Å². The van der Waals surface area contributed by atoms with Gasteiger partial charge in [0, 0.05) is 11.1 Å². The molecule has 1 aliphatic heterocycles. The second kappa shape index (κ2) is 9.36. The Morgan fingerprint density at radius 3 is 2.37 bits per heavy atom. The summed E-state index contributed by atoms with van der Waals surface area (Å²) in [6, 6.07) is 0. The lowest BCUT2D eigenvalue weighted by molar-refractivity contribution is -0.137. The molecule has 0 N–H and O–H groups in total. The zero-order valence-electron chi connectivity index (χ0n) is 17.2. The predicted octanol–water partition coefficient (Wildman–Crippen LogP) is 4.28. The standard InChI is InChI=1S/C22H32O5/c1-15(2)16-8-10-17(20(23)25-4)7-6-14-22(3)19(27-22)13-12-18(11-9-16)21(24)26-5/h7,9,11,15,19H,6,8,10,12-14H2,1-5H3/b16-9-,17-7-,18-11+/t19-,22+/m1/s1. The van der Waals surface area contributed by atoms with Gasteiger partial charge in [-0.1, -0.05) is 37.6 Å². The monoisotopic (exact) mass is 376 g/mol. The lowest BCUT2D eigenvalue weighted by Crippen LogP contribution is -2.12. The number of epoxide rings is 1. The van der Waals surface area contributed by atoms with Crippen LogP contribution in [0.15, 0.2) is 34.9 Å². The largest absolute Gasteiger partial charge is 0.466 e. The van der Waals surface area contributed by atoms with Crippen LogP contribution in [0.25, 0.3) is 0 Å². The molecule has 27 heavy (non-hydrogen) atoms. The van der Waals surface area contributed by atoms with Gasteiger partial charge in [0.1, 0.15) is 0 Å². The fraction of sp³-hybridized carbons (Fsp3) is 0.636. The van der Waals surface area contributed by atoms with Crippen molar-refractivity contribution >= 4 is 11.9 Å². The van der Waals surface area contributed by atoms with E-state index in [-0.39, 0.29) is 23.6 Å². The molecule has 2 rings (SSSR count). The van der Waals surface area contributed by atoms with Gasteiger partial charge in [0.15, 0.2) is 0 Å². The third-order valence-electron chi connectivity index (χ3n) is 5.56. The lowest BCUT2D eigenvalue weighted by Gasteiger charge is -2.13. The van der Waals surface area contributed by atoms with Crippen molar-refractivity contribution in [2.45, 2.75) is 71.0 Å². The summed E-state index contributed by atoms with van der Waals surface area (Å²) in [6.07, 6.45) is 10.4. The predicted molar refractivity (Wildman–Crippen MR) is 104 cm³/mol. The van der Waals surface area contributed by atoms with E-state index in [9.17, 15) is 9.59 Å². The Labute approximate surface area is 162 Å². The van der Waals surface area contributed by atoms with Crippen LogP contribution in [-0.4, -0.2) is 37.9 Å². The Morgan fingerprint density at radius 2 is 1.74 bits per heavy atom. The highest BCUT2D eigenvalue weighted by Gasteiger charge is 2.50. The van der Waals surface area contributed by atoms with Gasteiger partial charge in [-0.3, -0.25) is 0 Å². The van der Waals surface area contributed by atoms with E-state index in [0.717, 1.165) is 25.7 Å². The molecule has 0 aromatic rings. The van der Waals surface area contributed by atoms with Crippen molar-refractivity contribution in [3.63, 3.8) is 0 Å². The van der Waals surface area contributed by atoms with Gasteiger partial charge in [0.25, 0.3) is 0 Å². The van der Waals surface area contributed by atoms with E-state index in [2.05, 4.69) is 20.8 Å². The van der Waals surface area contributed by atoms with E-state index >= 15 is 0 Å². The minimum atomic E-state index is -0.293. The second-order valence-electron chi connectivity index (χ2n) is 7.80. The minimum absolute atomic E-state index is 0.136. The number of hydrogen-bond donors (Lipinski definition) is 0. The maximum Gasteiger partial charge on any atom is 0.333 e. The van der Waals surface area contributed by atoms with Crippen LogP contribution in [0.5, 0.6) is 0 Å². The number of allylic oxidation sites excluding steroid dienone is 4. The topological polar surface area (TPSA) is 65.1 Å². The van der Waals surface area contributed by atoms with Crippen molar-refractivity contribution in [2.24, 2.45) is 5.92 Å². The smallest absolute Gasteiger partial charge is 0.333 e. The minimum Gasteiger partial charge on any atom is -0.466 e. The van der Waals surface area contributed by atoms with Crippen molar-refractivity contribution in [3.8, 4) is 0 Å². The van der Waals surface area contributed by atoms with Gasteiger partial charge in [-0.2, -0.15) is 0 Å². The number of carbonyl (C=O) groups is 2. The number of esters is 2. The molecule has 1 fully saturated rings. The summed E-state index contributed by atoms with van der Waals surface area (Å²) in [5.74, 6) is -0.240. The molecule has 0 aromatic carbocycles. The normalized spacial score (nSPS) is 32.5. The van der Waals surface area contributed by atoms with Gasteiger partial charge >= 0.3 is 11.9 Å². The number of fused-ring (bicyclic) bond motifs is 1. The first-order valence-electron chi connectivity index (χ1n) is 9.73. The number of rotatable bonds is 3. The van der Waals surface area contributed by atoms with Crippen LogP contribution in [0.2, 0.25) is 0 Å². The van der Waals surface area contributed by atoms with E-state index in [0.29, 0.717) is 29.9 Å². The van der Waals surface area contributed by atoms with E-state index in [1.54, 1.807) is 0 Å². The van der Waals surface area contributed by atoms with Crippen molar-refractivity contribution in [1.82, 2.24) is 0 Å². The lowest BCUT2D eigenvalue weighted by atomic mass is 9.92. The average molecular weight is 376 g/mol. The molecule has 0 amide bonds. The molecule has 2 aliphatic rings. The fourth-order valence-electron chi connectivity index (χ4n) is 3.55. The molecule has 0 spiro atoms. The molecule has 0 aromatic heterocycles. The third-order valence-corrected chi connectivity index (χ3v) is 5.56. The molecular formula is C22H32O5. The molecule has 0 radical (unpaired) electrons. The summed E-state index contributed by atoms with van der Waals surface area (Å²) in [5, 5.41) is 0. The fourth-order valence-corrected chi connectivity index (χ4v) is 3.55. The van der Waals surface area contributed by atoms with Gasteiger partial charge in [-0.05, 0) is 51.4 Å². The molecule has 0 unspecified atom stereocenters. The maximum atomic E-state index is 12.1. The van der Waals surface area contributed by atoms with E-state index in [1.807, 2.05) is 18.2 Å². The average Bonchev–Trinajstić information content (AvgIpc) is 3.30. The van der Waals surface area contributed by atoms with E-state index in [4.69, 9.17) is 14.2 Å². The highest BCUT2D eigenvalue weighted by atomic mass is 16.6. The molecular weight excluding hydrogens is 344 g/mol. The van der Waals surface area contributed by atoms with Crippen LogP contribution in [0.4, 0.5) is 0 Å². The molecule has 0 saturated carbocycles. The van der Waals surface area contributed by atoms with Gasteiger partial charge in [-0.15, -0.1) is 0 Å².